The summed E-state index contributed by atoms with van der Waals surface area (Å²) in [5.74, 6) is 2.14. The molecule has 0 aliphatic rings. The first-order chi connectivity index (χ1) is 11.6. The summed E-state index contributed by atoms with van der Waals surface area (Å²) < 4.78 is 10.8. The quantitative estimate of drug-likeness (QED) is 0.774. The van der Waals surface area contributed by atoms with Crippen LogP contribution >= 0.6 is 0 Å². The van der Waals surface area contributed by atoms with E-state index in [2.05, 4.69) is 27.2 Å². The lowest BCUT2D eigenvalue weighted by Gasteiger charge is -2.20. The van der Waals surface area contributed by atoms with Crippen LogP contribution in [0.1, 0.15) is 24.1 Å². The maximum atomic E-state index is 5.41. The monoisotopic (exact) mass is 324 g/mol. The highest BCUT2D eigenvalue weighted by molar-refractivity contribution is 5.84. The fourth-order valence-corrected chi connectivity index (χ4v) is 2.75. The summed E-state index contributed by atoms with van der Waals surface area (Å²) in [5, 5.41) is 3.42. The summed E-state index contributed by atoms with van der Waals surface area (Å²) in [5.41, 5.74) is 3.78. The molecule has 24 heavy (non-hydrogen) atoms. The van der Waals surface area contributed by atoms with Crippen LogP contribution < -0.4 is 14.8 Å². The summed E-state index contributed by atoms with van der Waals surface area (Å²) in [6.45, 7) is 4.12. The molecule has 0 saturated carbocycles. The molecule has 0 amide bonds. The molecular formula is C18H20N4O2. The lowest BCUT2D eigenvalue weighted by molar-refractivity contribution is 0.354. The van der Waals surface area contributed by atoms with Crippen molar-refractivity contribution in [2.45, 2.75) is 19.9 Å². The fraction of sp³-hybridized carbons (Fsp3) is 0.278. The highest BCUT2D eigenvalue weighted by Gasteiger charge is 2.15. The summed E-state index contributed by atoms with van der Waals surface area (Å²) in [7, 11) is 3.27. The Morgan fingerprint density at radius 1 is 0.958 bits per heavy atom. The van der Waals surface area contributed by atoms with Crippen LogP contribution in [-0.2, 0) is 0 Å². The van der Waals surface area contributed by atoms with E-state index in [-0.39, 0.29) is 6.04 Å². The van der Waals surface area contributed by atoms with Crippen molar-refractivity contribution < 1.29 is 9.47 Å². The van der Waals surface area contributed by atoms with Gasteiger partial charge in [-0.1, -0.05) is 0 Å². The van der Waals surface area contributed by atoms with Crippen LogP contribution in [0.3, 0.4) is 0 Å². The van der Waals surface area contributed by atoms with Crippen LogP contribution in [0.2, 0.25) is 0 Å². The third-order valence-corrected chi connectivity index (χ3v) is 3.98. The maximum Gasteiger partial charge on any atom is 0.161 e. The Bertz CT molecular complexity index is 862. The molecule has 0 spiro atoms. The molecule has 1 atom stereocenters. The minimum absolute atomic E-state index is 0.0184. The van der Waals surface area contributed by atoms with E-state index in [0.717, 1.165) is 27.9 Å². The number of methoxy groups -OCH3 is 2. The highest BCUT2D eigenvalue weighted by atomic mass is 16.5. The second kappa shape index (κ2) is 6.70. The molecule has 2 heterocycles. The Morgan fingerprint density at radius 3 is 2.42 bits per heavy atom. The minimum atomic E-state index is 0.0184. The third-order valence-electron chi connectivity index (χ3n) is 3.98. The van der Waals surface area contributed by atoms with Gasteiger partial charge < -0.3 is 14.8 Å². The Morgan fingerprint density at radius 2 is 1.67 bits per heavy atom. The van der Waals surface area contributed by atoms with Gasteiger partial charge in [0.25, 0.3) is 0 Å². The first-order valence-corrected chi connectivity index (χ1v) is 7.68. The van der Waals surface area contributed by atoms with Gasteiger partial charge in [0.2, 0.25) is 0 Å². The molecule has 124 valence electrons. The zero-order chi connectivity index (χ0) is 17.1. The lowest BCUT2D eigenvalue weighted by atomic mass is 10.0. The standard InChI is InChI=1S/C18H20N4O2/c1-11-9-15(23-3)16(24-4)10-13(11)12(2)22-18-17-14(5-6-21-18)19-7-8-20-17/h5-10,12H,1-4H3,(H,21,22)/t12-/m0/s1. The predicted octanol–water partition coefficient (Wildman–Crippen LogP) is 3.52. The molecule has 6 nitrogen and oxygen atoms in total. The Balaban J connectivity index is 1.96. The fourth-order valence-electron chi connectivity index (χ4n) is 2.75. The Labute approximate surface area is 140 Å². The van der Waals surface area contributed by atoms with Gasteiger partial charge >= 0.3 is 0 Å². The van der Waals surface area contributed by atoms with Crippen molar-refractivity contribution in [3.05, 3.63) is 47.9 Å². The Kier molecular flexibility index (Phi) is 4.46. The number of hydrogen-bond donors (Lipinski definition) is 1. The van der Waals surface area contributed by atoms with Crippen molar-refractivity contribution in [1.82, 2.24) is 15.0 Å². The molecule has 6 heteroatoms. The van der Waals surface area contributed by atoms with E-state index in [1.807, 2.05) is 25.1 Å². The van der Waals surface area contributed by atoms with Gasteiger partial charge in [-0.3, -0.25) is 4.98 Å². The van der Waals surface area contributed by atoms with Crippen molar-refractivity contribution in [2.75, 3.05) is 19.5 Å². The number of fused-ring (bicyclic) bond motifs is 1. The molecule has 1 aromatic carbocycles. The van der Waals surface area contributed by atoms with Crippen molar-refractivity contribution >= 4 is 16.9 Å². The molecule has 2 aromatic heterocycles. The third kappa shape index (κ3) is 2.95. The van der Waals surface area contributed by atoms with Crippen molar-refractivity contribution in [3.8, 4) is 11.5 Å². The van der Waals surface area contributed by atoms with Crippen LogP contribution in [0.5, 0.6) is 11.5 Å². The molecule has 0 aliphatic carbocycles. The van der Waals surface area contributed by atoms with E-state index in [0.29, 0.717) is 11.6 Å². The van der Waals surface area contributed by atoms with E-state index in [9.17, 15) is 0 Å². The number of aryl methyl sites for hydroxylation is 1. The molecule has 1 N–H and O–H groups in total. The van der Waals surface area contributed by atoms with Gasteiger partial charge in [0.05, 0.1) is 25.8 Å². The van der Waals surface area contributed by atoms with Crippen LogP contribution in [0, 0.1) is 6.92 Å². The number of pyridine rings is 1. The van der Waals surface area contributed by atoms with Gasteiger partial charge in [-0.25, -0.2) is 9.97 Å². The zero-order valence-corrected chi connectivity index (χ0v) is 14.2. The number of nitrogens with one attached hydrogen (secondary N) is 1. The maximum absolute atomic E-state index is 5.41. The van der Waals surface area contributed by atoms with Crippen LogP contribution in [0.25, 0.3) is 11.0 Å². The number of aromatic nitrogens is 3. The molecule has 0 unspecified atom stereocenters. The molecule has 0 fully saturated rings. The van der Waals surface area contributed by atoms with Gasteiger partial charge in [0.1, 0.15) is 5.52 Å². The van der Waals surface area contributed by atoms with Gasteiger partial charge in [0.15, 0.2) is 17.3 Å². The van der Waals surface area contributed by atoms with E-state index in [1.165, 1.54) is 0 Å². The second-order valence-corrected chi connectivity index (χ2v) is 5.51. The van der Waals surface area contributed by atoms with Crippen molar-refractivity contribution in [2.24, 2.45) is 0 Å². The summed E-state index contributed by atoms with van der Waals surface area (Å²) in [6, 6.07) is 5.83. The zero-order valence-electron chi connectivity index (χ0n) is 14.2. The second-order valence-electron chi connectivity index (χ2n) is 5.51. The first-order valence-electron chi connectivity index (χ1n) is 7.68. The van der Waals surface area contributed by atoms with E-state index < -0.39 is 0 Å². The summed E-state index contributed by atoms with van der Waals surface area (Å²) in [4.78, 5) is 13.1. The van der Waals surface area contributed by atoms with Crippen LogP contribution in [0.4, 0.5) is 5.82 Å². The number of rotatable bonds is 5. The van der Waals surface area contributed by atoms with E-state index >= 15 is 0 Å². The highest BCUT2D eigenvalue weighted by Crippen LogP contribution is 2.34. The predicted molar refractivity (Wildman–Crippen MR) is 93.7 cm³/mol. The van der Waals surface area contributed by atoms with Gasteiger partial charge in [0, 0.05) is 18.6 Å². The first kappa shape index (κ1) is 16.0. The summed E-state index contributed by atoms with van der Waals surface area (Å²) in [6.07, 6.45) is 5.07. The topological polar surface area (TPSA) is 69.2 Å². The van der Waals surface area contributed by atoms with Crippen molar-refractivity contribution in [3.63, 3.8) is 0 Å². The van der Waals surface area contributed by atoms with Crippen molar-refractivity contribution in [1.29, 1.82) is 0 Å². The average Bonchev–Trinajstić information content (AvgIpc) is 2.61. The van der Waals surface area contributed by atoms with E-state index in [4.69, 9.17) is 9.47 Å². The number of benzene rings is 1. The largest absolute Gasteiger partial charge is 0.493 e. The van der Waals surface area contributed by atoms with Gasteiger partial charge in [-0.05, 0) is 43.2 Å². The average molecular weight is 324 g/mol. The minimum Gasteiger partial charge on any atom is -0.493 e. The number of ether oxygens (including phenoxy) is 2. The number of anilines is 1. The normalized spacial score (nSPS) is 12.0. The van der Waals surface area contributed by atoms with Crippen LogP contribution in [-0.4, -0.2) is 29.2 Å². The van der Waals surface area contributed by atoms with Crippen LogP contribution in [0.15, 0.2) is 36.8 Å². The molecule has 3 aromatic rings. The van der Waals surface area contributed by atoms with Gasteiger partial charge in [-0.15, -0.1) is 0 Å². The number of nitrogens with zero attached hydrogens (tertiary/aromatic N) is 3. The number of hydrogen-bond acceptors (Lipinski definition) is 6. The molecule has 0 saturated heterocycles. The summed E-state index contributed by atoms with van der Waals surface area (Å²) >= 11 is 0. The molecule has 3 rings (SSSR count). The molecule has 0 bridgehead atoms. The lowest BCUT2D eigenvalue weighted by Crippen LogP contribution is -2.11. The Hall–Kier alpha value is -2.89. The smallest absolute Gasteiger partial charge is 0.161 e. The molecular weight excluding hydrogens is 304 g/mol. The molecule has 0 aliphatic heterocycles. The van der Waals surface area contributed by atoms with Gasteiger partial charge in [-0.2, -0.15) is 0 Å². The SMILES string of the molecule is COc1cc(C)c([C@H](C)Nc2nccc3nccnc23)cc1OC. The molecule has 0 radical (unpaired) electrons. The van der Waals surface area contributed by atoms with E-state index in [1.54, 1.807) is 32.8 Å².